The number of carbonyl (C=O) groups is 1. The van der Waals surface area contributed by atoms with Crippen LogP contribution in [0.2, 0.25) is 0 Å². The number of methoxy groups -OCH3 is 1. The van der Waals surface area contributed by atoms with Crippen molar-refractivity contribution in [1.82, 2.24) is 10.6 Å². The third kappa shape index (κ3) is 4.39. The lowest BCUT2D eigenvalue weighted by molar-refractivity contribution is -0.125. The highest BCUT2D eigenvalue weighted by molar-refractivity contribution is 5.85. The van der Waals surface area contributed by atoms with Gasteiger partial charge in [-0.05, 0) is 43.5 Å². The van der Waals surface area contributed by atoms with Gasteiger partial charge in [-0.15, -0.1) is 12.4 Å². The Labute approximate surface area is 126 Å². The van der Waals surface area contributed by atoms with E-state index in [1.165, 1.54) is 0 Å². The van der Waals surface area contributed by atoms with Gasteiger partial charge in [-0.25, -0.2) is 0 Å². The molecule has 2 rings (SSSR count). The minimum absolute atomic E-state index is 0. The minimum Gasteiger partial charge on any atom is -0.496 e. The summed E-state index contributed by atoms with van der Waals surface area (Å²) in [5.41, 5.74) is 2.17. The molecule has 1 aromatic carbocycles. The van der Waals surface area contributed by atoms with E-state index in [0.29, 0.717) is 6.54 Å². The van der Waals surface area contributed by atoms with Crippen LogP contribution in [0.5, 0.6) is 5.75 Å². The molecule has 1 aromatic rings. The number of rotatable bonds is 4. The third-order valence-corrected chi connectivity index (χ3v) is 3.61. The van der Waals surface area contributed by atoms with Crippen LogP contribution in [0.4, 0.5) is 0 Å². The zero-order valence-corrected chi connectivity index (χ0v) is 12.9. The summed E-state index contributed by atoms with van der Waals surface area (Å²) in [7, 11) is 1.67. The summed E-state index contributed by atoms with van der Waals surface area (Å²) in [6.07, 6.45) is 2.06. The Morgan fingerprint density at radius 2 is 2.30 bits per heavy atom. The van der Waals surface area contributed by atoms with E-state index in [1.54, 1.807) is 7.11 Å². The predicted octanol–water partition coefficient (Wildman–Crippen LogP) is 2.04. The van der Waals surface area contributed by atoms with E-state index in [-0.39, 0.29) is 24.2 Å². The highest BCUT2D eigenvalue weighted by Gasteiger charge is 2.20. The fourth-order valence-electron chi connectivity index (χ4n) is 2.38. The van der Waals surface area contributed by atoms with Crippen LogP contribution in [0, 0.1) is 12.8 Å². The molecule has 0 aliphatic carbocycles. The van der Waals surface area contributed by atoms with Gasteiger partial charge < -0.3 is 15.4 Å². The van der Waals surface area contributed by atoms with Crippen molar-refractivity contribution in [3.05, 3.63) is 29.3 Å². The van der Waals surface area contributed by atoms with E-state index in [2.05, 4.69) is 10.6 Å². The maximum Gasteiger partial charge on any atom is 0.224 e. The van der Waals surface area contributed by atoms with Gasteiger partial charge in [0.15, 0.2) is 0 Å². The Balaban J connectivity index is 0.00000200. The second-order valence-electron chi connectivity index (χ2n) is 5.07. The first-order valence-electron chi connectivity index (χ1n) is 6.82. The second-order valence-corrected chi connectivity index (χ2v) is 5.07. The van der Waals surface area contributed by atoms with Crippen molar-refractivity contribution in [3.63, 3.8) is 0 Å². The third-order valence-electron chi connectivity index (χ3n) is 3.61. The van der Waals surface area contributed by atoms with E-state index >= 15 is 0 Å². The van der Waals surface area contributed by atoms with E-state index < -0.39 is 0 Å². The average molecular weight is 299 g/mol. The fourth-order valence-corrected chi connectivity index (χ4v) is 2.38. The first-order chi connectivity index (χ1) is 9.20. The van der Waals surface area contributed by atoms with Gasteiger partial charge in [0.05, 0.1) is 13.0 Å². The van der Waals surface area contributed by atoms with Crippen LogP contribution in [-0.2, 0) is 11.3 Å². The van der Waals surface area contributed by atoms with Crippen molar-refractivity contribution in [2.24, 2.45) is 5.92 Å². The van der Waals surface area contributed by atoms with Crippen molar-refractivity contribution >= 4 is 18.3 Å². The summed E-state index contributed by atoms with van der Waals surface area (Å²) in [5.74, 6) is 1.12. The maximum absolute atomic E-state index is 12.0. The van der Waals surface area contributed by atoms with Gasteiger partial charge in [0, 0.05) is 13.1 Å². The largest absolute Gasteiger partial charge is 0.496 e. The standard InChI is InChI=1S/C15H22N2O2.ClH/c1-11-5-6-12(8-14(11)19-2)9-17-15(18)13-4-3-7-16-10-13;/h5-6,8,13,16H,3-4,7,9-10H2,1-2H3,(H,17,18);1H. The molecule has 112 valence electrons. The molecule has 1 amide bonds. The quantitative estimate of drug-likeness (QED) is 0.894. The molecule has 1 unspecified atom stereocenters. The van der Waals surface area contributed by atoms with Crippen LogP contribution < -0.4 is 15.4 Å². The van der Waals surface area contributed by atoms with Gasteiger partial charge >= 0.3 is 0 Å². The summed E-state index contributed by atoms with van der Waals surface area (Å²) in [5, 5.41) is 6.26. The number of hydrogen-bond donors (Lipinski definition) is 2. The number of nitrogens with one attached hydrogen (secondary N) is 2. The van der Waals surface area contributed by atoms with Gasteiger partial charge in [-0.1, -0.05) is 12.1 Å². The number of piperidine rings is 1. The minimum atomic E-state index is 0. The lowest BCUT2D eigenvalue weighted by atomic mass is 9.99. The van der Waals surface area contributed by atoms with Crippen molar-refractivity contribution in [2.75, 3.05) is 20.2 Å². The predicted molar refractivity (Wildman–Crippen MR) is 82.4 cm³/mol. The van der Waals surface area contributed by atoms with Crippen LogP contribution in [0.15, 0.2) is 18.2 Å². The zero-order valence-electron chi connectivity index (χ0n) is 12.1. The van der Waals surface area contributed by atoms with Gasteiger partial charge in [-0.3, -0.25) is 4.79 Å². The number of aryl methyl sites for hydroxylation is 1. The Bertz CT molecular complexity index is 445. The Hall–Kier alpha value is -1.26. The zero-order chi connectivity index (χ0) is 13.7. The average Bonchev–Trinajstić information content (AvgIpc) is 2.47. The second kappa shape index (κ2) is 8.12. The summed E-state index contributed by atoms with van der Waals surface area (Å²) in [6.45, 7) is 4.39. The number of ether oxygens (including phenoxy) is 1. The van der Waals surface area contributed by atoms with Gasteiger partial charge in [-0.2, -0.15) is 0 Å². The fraction of sp³-hybridized carbons (Fsp3) is 0.533. The molecule has 1 atom stereocenters. The van der Waals surface area contributed by atoms with E-state index in [1.807, 2.05) is 25.1 Å². The molecule has 5 heteroatoms. The number of halogens is 1. The Morgan fingerprint density at radius 3 is 2.95 bits per heavy atom. The number of benzene rings is 1. The van der Waals surface area contributed by atoms with Crippen LogP contribution in [0.25, 0.3) is 0 Å². The van der Waals surface area contributed by atoms with Gasteiger partial charge in [0.2, 0.25) is 5.91 Å². The monoisotopic (exact) mass is 298 g/mol. The molecule has 20 heavy (non-hydrogen) atoms. The van der Waals surface area contributed by atoms with Crippen molar-refractivity contribution in [3.8, 4) is 5.75 Å². The smallest absolute Gasteiger partial charge is 0.224 e. The SMILES string of the molecule is COc1cc(CNC(=O)C2CCCNC2)ccc1C.Cl. The Kier molecular flexibility index (Phi) is 6.82. The topological polar surface area (TPSA) is 50.4 Å². The Morgan fingerprint density at radius 1 is 1.50 bits per heavy atom. The normalized spacial score (nSPS) is 18.0. The molecule has 2 N–H and O–H groups in total. The molecule has 1 saturated heterocycles. The van der Waals surface area contributed by atoms with Gasteiger partial charge in [0.1, 0.15) is 5.75 Å². The van der Waals surface area contributed by atoms with Crippen molar-refractivity contribution in [2.45, 2.75) is 26.3 Å². The van der Waals surface area contributed by atoms with Gasteiger partial charge in [0.25, 0.3) is 0 Å². The van der Waals surface area contributed by atoms with Crippen LogP contribution in [0.1, 0.15) is 24.0 Å². The molecule has 1 fully saturated rings. The van der Waals surface area contributed by atoms with E-state index in [0.717, 1.165) is 42.8 Å². The molecule has 1 heterocycles. The van der Waals surface area contributed by atoms with Crippen LogP contribution in [-0.4, -0.2) is 26.1 Å². The first-order valence-corrected chi connectivity index (χ1v) is 6.82. The molecular formula is C15H23ClN2O2. The summed E-state index contributed by atoms with van der Waals surface area (Å²) >= 11 is 0. The molecular weight excluding hydrogens is 276 g/mol. The molecule has 0 spiro atoms. The van der Waals surface area contributed by atoms with E-state index in [4.69, 9.17) is 4.74 Å². The molecule has 0 saturated carbocycles. The van der Waals surface area contributed by atoms with Crippen molar-refractivity contribution in [1.29, 1.82) is 0 Å². The van der Waals surface area contributed by atoms with Crippen LogP contribution in [0.3, 0.4) is 0 Å². The summed E-state index contributed by atoms with van der Waals surface area (Å²) < 4.78 is 5.29. The molecule has 1 aliphatic heterocycles. The molecule has 0 bridgehead atoms. The maximum atomic E-state index is 12.0. The lowest BCUT2D eigenvalue weighted by Gasteiger charge is -2.22. The highest BCUT2D eigenvalue weighted by Crippen LogP contribution is 2.19. The summed E-state index contributed by atoms with van der Waals surface area (Å²) in [4.78, 5) is 12.0. The number of carbonyl (C=O) groups excluding carboxylic acids is 1. The molecule has 0 aromatic heterocycles. The van der Waals surface area contributed by atoms with Crippen LogP contribution >= 0.6 is 12.4 Å². The molecule has 4 nitrogen and oxygen atoms in total. The van der Waals surface area contributed by atoms with Crippen molar-refractivity contribution < 1.29 is 9.53 Å². The molecule has 0 radical (unpaired) electrons. The number of hydrogen-bond acceptors (Lipinski definition) is 3. The number of amides is 1. The lowest BCUT2D eigenvalue weighted by Crippen LogP contribution is -2.40. The first kappa shape index (κ1) is 16.8. The highest BCUT2D eigenvalue weighted by atomic mass is 35.5. The summed E-state index contributed by atoms with van der Waals surface area (Å²) in [6, 6.07) is 6.02. The van der Waals surface area contributed by atoms with E-state index in [9.17, 15) is 4.79 Å². The molecule has 1 aliphatic rings.